The number of rotatable bonds is 13. The molecule has 0 saturated heterocycles. The molecule has 1 N–H and O–H groups in total. The van der Waals surface area contributed by atoms with E-state index < -0.39 is 28.5 Å². The molecule has 3 aromatic rings. The minimum atomic E-state index is -4.21. The van der Waals surface area contributed by atoms with E-state index in [0.717, 1.165) is 10.7 Å². The minimum Gasteiger partial charge on any atom is -0.495 e. The third-order valence-corrected chi connectivity index (χ3v) is 8.62. The normalized spacial score (nSPS) is 11.9. The lowest BCUT2D eigenvalue weighted by molar-refractivity contribution is -0.140. The van der Waals surface area contributed by atoms with Crippen LogP contribution in [0, 0.1) is 0 Å². The number of sulfonamides is 1. The number of nitrogens with one attached hydrogen (secondary N) is 1. The van der Waals surface area contributed by atoms with Crippen molar-refractivity contribution in [3.05, 3.63) is 88.4 Å². The molecule has 0 aliphatic carbocycles. The lowest BCUT2D eigenvalue weighted by Gasteiger charge is -2.33. The van der Waals surface area contributed by atoms with Gasteiger partial charge in [-0.1, -0.05) is 73.4 Å². The van der Waals surface area contributed by atoms with Crippen molar-refractivity contribution < 1.29 is 22.7 Å². The van der Waals surface area contributed by atoms with E-state index >= 15 is 0 Å². The first-order valence-electron chi connectivity index (χ1n) is 12.9. The molecule has 1 atom stereocenters. The smallest absolute Gasteiger partial charge is 0.264 e. The summed E-state index contributed by atoms with van der Waals surface area (Å²) in [4.78, 5) is 28.6. The molecule has 0 spiro atoms. The predicted molar refractivity (Wildman–Crippen MR) is 158 cm³/mol. The molecule has 0 unspecified atom stereocenters. The number of methoxy groups -OCH3 is 1. The Hall–Kier alpha value is -3.27. The third kappa shape index (κ3) is 7.47. The molecule has 40 heavy (non-hydrogen) atoms. The second-order valence-electron chi connectivity index (χ2n) is 8.97. The molecule has 3 aromatic carbocycles. The summed E-state index contributed by atoms with van der Waals surface area (Å²) in [6.45, 7) is 3.54. The first-order chi connectivity index (χ1) is 19.1. The van der Waals surface area contributed by atoms with Crippen molar-refractivity contribution in [2.24, 2.45) is 0 Å². The number of hydrogen-bond donors (Lipinski definition) is 1. The van der Waals surface area contributed by atoms with Gasteiger partial charge in [-0.2, -0.15) is 0 Å². The van der Waals surface area contributed by atoms with Gasteiger partial charge in [0.05, 0.1) is 17.7 Å². The van der Waals surface area contributed by atoms with Crippen LogP contribution in [0.3, 0.4) is 0 Å². The van der Waals surface area contributed by atoms with Crippen LogP contribution in [0.5, 0.6) is 5.75 Å². The molecule has 3 rings (SSSR count). The monoisotopic (exact) mass is 605 g/mol. The summed E-state index contributed by atoms with van der Waals surface area (Å²) < 4.78 is 34.3. The average molecular weight is 607 g/mol. The number of benzene rings is 3. The van der Waals surface area contributed by atoms with Gasteiger partial charge in [-0.3, -0.25) is 13.9 Å². The number of ether oxygens (including phenoxy) is 1. The van der Waals surface area contributed by atoms with Gasteiger partial charge in [0.15, 0.2) is 0 Å². The number of hydrogen-bond acceptors (Lipinski definition) is 5. The topological polar surface area (TPSA) is 96.0 Å². The lowest BCUT2D eigenvalue weighted by atomic mass is 10.1. The zero-order valence-corrected chi connectivity index (χ0v) is 25.0. The van der Waals surface area contributed by atoms with Crippen LogP contribution in [0.2, 0.25) is 10.0 Å². The SMILES string of the molecule is CCCNC(=O)[C@H](CC)N(Cc1ccc(Cl)cc1Cl)C(=O)CN(c1ccccc1OC)S(=O)(=O)c1ccccc1. The Labute approximate surface area is 245 Å². The number of nitrogens with zero attached hydrogens (tertiary/aromatic N) is 2. The first-order valence-corrected chi connectivity index (χ1v) is 15.1. The Morgan fingerprint density at radius 1 is 0.975 bits per heavy atom. The fraction of sp³-hybridized carbons (Fsp3) is 0.310. The van der Waals surface area contributed by atoms with E-state index in [1.54, 1.807) is 67.6 Å². The molecular formula is C29H33Cl2N3O5S. The Balaban J connectivity index is 2.10. The van der Waals surface area contributed by atoms with Gasteiger partial charge in [-0.05, 0) is 54.8 Å². The van der Waals surface area contributed by atoms with Crippen molar-refractivity contribution in [1.29, 1.82) is 0 Å². The van der Waals surface area contributed by atoms with Gasteiger partial charge >= 0.3 is 0 Å². The van der Waals surface area contributed by atoms with Gasteiger partial charge in [-0.15, -0.1) is 0 Å². The Morgan fingerprint density at radius 2 is 1.65 bits per heavy atom. The van der Waals surface area contributed by atoms with E-state index in [0.29, 0.717) is 28.6 Å². The largest absolute Gasteiger partial charge is 0.495 e. The molecule has 0 saturated carbocycles. The van der Waals surface area contributed by atoms with Gasteiger partial charge in [0.25, 0.3) is 10.0 Å². The van der Waals surface area contributed by atoms with Gasteiger partial charge in [0.1, 0.15) is 18.3 Å². The Kier molecular flexibility index (Phi) is 11.2. The van der Waals surface area contributed by atoms with Crippen LogP contribution < -0.4 is 14.4 Å². The van der Waals surface area contributed by atoms with Gasteiger partial charge in [-0.25, -0.2) is 8.42 Å². The van der Waals surface area contributed by atoms with E-state index in [4.69, 9.17) is 27.9 Å². The maximum Gasteiger partial charge on any atom is 0.264 e. The van der Waals surface area contributed by atoms with Crippen LogP contribution >= 0.6 is 23.2 Å². The summed E-state index contributed by atoms with van der Waals surface area (Å²) in [6, 6.07) is 18.4. The molecule has 0 heterocycles. The second kappa shape index (κ2) is 14.4. The van der Waals surface area contributed by atoms with Crippen molar-refractivity contribution in [3.8, 4) is 5.75 Å². The van der Waals surface area contributed by atoms with E-state index in [2.05, 4.69) is 5.32 Å². The molecule has 0 radical (unpaired) electrons. The standard InChI is InChI=1S/C29H33Cl2N3O5S/c1-4-17-32-29(36)25(5-2)33(19-21-15-16-22(30)18-24(21)31)28(35)20-34(26-13-9-10-14-27(26)39-3)40(37,38)23-11-7-6-8-12-23/h6-16,18,25H,4-5,17,19-20H2,1-3H3,(H,32,36)/t25-/m0/s1. The van der Waals surface area contributed by atoms with Gasteiger partial charge in [0.2, 0.25) is 11.8 Å². The van der Waals surface area contributed by atoms with E-state index in [9.17, 15) is 18.0 Å². The quantitative estimate of drug-likeness (QED) is 0.276. The number of amides is 2. The highest BCUT2D eigenvalue weighted by Crippen LogP contribution is 2.33. The molecular weight excluding hydrogens is 573 g/mol. The van der Waals surface area contributed by atoms with Crippen LogP contribution in [0.4, 0.5) is 5.69 Å². The van der Waals surface area contributed by atoms with Crippen LogP contribution in [0.15, 0.2) is 77.7 Å². The fourth-order valence-corrected chi connectivity index (χ4v) is 6.10. The van der Waals surface area contributed by atoms with Crippen LogP contribution in [-0.4, -0.2) is 51.4 Å². The Bertz CT molecular complexity index is 1420. The van der Waals surface area contributed by atoms with Crippen LogP contribution in [-0.2, 0) is 26.2 Å². The van der Waals surface area contributed by atoms with Crippen molar-refractivity contribution in [2.75, 3.05) is 24.5 Å². The number of carbonyl (C=O) groups excluding carboxylic acids is 2. The van der Waals surface area contributed by atoms with Crippen molar-refractivity contribution in [1.82, 2.24) is 10.2 Å². The average Bonchev–Trinajstić information content (AvgIpc) is 2.96. The van der Waals surface area contributed by atoms with Crippen molar-refractivity contribution in [3.63, 3.8) is 0 Å². The zero-order valence-electron chi connectivity index (χ0n) is 22.6. The molecule has 214 valence electrons. The maximum atomic E-state index is 14.1. The van der Waals surface area contributed by atoms with Crippen molar-refractivity contribution >= 4 is 50.7 Å². The molecule has 2 amide bonds. The zero-order chi connectivity index (χ0) is 29.3. The van der Waals surface area contributed by atoms with E-state index in [1.807, 2.05) is 6.92 Å². The lowest BCUT2D eigenvalue weighted by Crippen LogP contribution is -2.52. The summed E-state index contributed by atoms with van der Waals surface area (Å²) in [5, 5.41) is 3.60. The Morgan fingerprint density at radius 3 is 2.27 bits per heavy atom. The van der Waals surface area contributed by atoms with Crippen LogP contribution in [0.25, 0.3) is 0 Å². The first kappa shape index (κ1) is 31.3. The van der Waals surface area contributed by atoms with Gasteiger partial charge in [0, 0.05) is 23.1 Å². The van der Waals surface area contributed by atoms with Gasteiger partial charge < -0.3 is 15.0 Å². The summed E-state index contributed by atoms with van der Waals surface area (Å²) in [5.41, 5.74) is 0.756. The molecule has 0 aliphatic heterocycles. The minimum absolute atomic E-state index is 0.00809. The molecule has 11 heteroatoms. The number of anilines is 1. The molecule has 8 nitrogen and oxygen atoms in total. The highest BCUT2D eigenvalue weighted by atomic mass is 35.5. The van der Waals surface area contributed by atoms with Crippen molar-refractivity contribution in [2.45, 2.75) is 44.2 Å². The van der Waals surface area contributed by atoms with Crippen LogP contribution in [0.1, 0.15) is 32.3 Å². The second-order valence-corrected chi connectivity index (χ2v) is 11.7. The molecule has 0 aromatic heterocycles. The molecule has 0 fully saturated rings. The maximum absolute atomic E-state index is 14.1. The summed E-state index contributed by atoms with van der Waals surface area (Å²) >= 11 is 12.5. The number of carbonyl (C=O) groups is 2. The highest BCUT2D eigenvalue weighted by Gasteiger charge is 2.34. The number of para-hydroxylation sites is 2. The summed E-state index contributed by atoms with van der Waals surface area (Å²) in [6.07, 6.45) is 1.02. The summed E-state index contributed by atoms with van der Waals surface area (Å²) in [5.74, 6) is -0.651. The molecule has 0 bridgehead atoms. The van der Waals surface area contributed by atoms with E-state index in [1.165, 1.54) is 24.1 Å². The summed E-state index contributed by atoms with van der Waals surface area (Å²) in [7, 11) is -2.78. The van der Waals surface area contributed by atoms with E-state index in [-0.39, 0.29) is 28.8 Å². The third-order valence-electron chi connectivity index (χ3n) is 6.25. The predicted octanol–water partition coefficient (Wildman–Crippen LogP) is 5.53. The number of halogens is 2. The fourth-order valence-electron chi connectivity index (χ4n) is 4.19. The highest BCUT2D eigenvalue weighted by molar-refractivity contribution is 7.92. The molecule has 0 aliphatic rings.